The Morgan fingerprint density at radius 1 is 1.19 bits per heavy atom. The molecule has 1 aromatic rings. The predicted molar refractivity (Wildman–Crippen MR) is 64.4 cm³/mol. The minimum absolute atomic E-state index is 0.598. The molecule has 2 aliphatic rings. The van der Waals surface area contributed by atoms with Crippen molar-refractivity contribution >= 4 is 0 Å². The molecule has 1 unspecified atom stereocenters. The van der Waals surface area contributed by atoms with Gasteiger partial charge in [-0.3, -0.25) is 0 Å². The van der Waals surface area contributed by atoms with Crippen LogP contribution in [0.4, 0.5) is 0 Å². The lowest BCUT2D eigenvalue weighted by Crippen LogP contribution is -2.29. The topological polar surface area (TPSA) is 21.3 Å². The van der Waals surface area contributed by atoms with Crippen molar-refractivity contribution in [2.45, 2.75) is 25.3 Å². The maximum Gasteiger partial charge on any atom is 0.0519 e. The van der Waals surface area contributed by atoms with Crippen LogP contribution in [0.2, 0.25) is 0 Å². The molecule has 0 aliphatic carbocycles. The third-order valence-corrected chi connectivity index (χ3v) is 3.67. The highest BCUT2D eigenvalue weighted by atomic mass is 16.5. The maximum atomic E-state index is 5.20. The minimum Gasteiger partial charge on any atom is -0.381 e. The second kappa shape index (κ2) is 4.56. The van der Waals surface area contributed by atoms with Gasteiger partial charge in [0.15, 0.2) is 0 Å². The van der Waals surface area contributed by atoms with Crippen LogP contribution in [0.3, 0.4) is 0 Å². The van der Waals surface area contributed by atoms with Crippen molar-refractivity contribution in [3.05, 3.63) is 35.4 Å². The lowest BCUT2D eigenvalue weighted by Gasteiger charge is -2.26. The molecule has 0 bridgehead atoms. The summed E-state index contributed by atoms with van der Waals surface area (Å²) in [6, 6.07) is 9.75. The Kier molecular flexibility index (Phi) is 2.94. The Balaban J connectivity index is 1.64. The van der Waals surface area contributed by atoms with Gasteiger partial charge in [0.1, 0.15) is 0 Å². The first-order valence-electron chi connectivity index (χ1n) is 6.32. The van der Waals surface area contributed by atoms with Gasteiger partial charge in [-0.05, 0) is 36.9 Å². The third-order valence-electron chi connectivity index (χ3n) is 3.67. The average Bonchev–Trinajstić information content (AvgIpc) is 2.78. The molecular weight excluding hydrogens is 198 g/mol. The summed E-state index contributed by atoms with van der Waals surface area (Å²) in [4.78, 5) is 0. The van der Waals surface area contributed by atoms with Crippen molar-refractivity contribution in [3.63, 3.8) is 0 Å². The molecule has 1 N–H and O–H groups in total. The molecule has 2 aliphatic heterocycles. The fourth-order valence-electron chi connectivity index (χ4n) is 2.59. The molecule has 1 aromatic carbocycles. The van der Waals surface area contributed by atoms with Crippen LogP contribution in [0, 0.1) is 5.92 Å². The third kappa shape index (κ3) is 2.13. The fraction of sp³-hybridized carbons (Fsp3) is 0.571. The van der Waals surface area contributed by atoms with E-state index in [1.54, 1.807) is 0 Å². The van der Waals surface area contributed by atoms with Crippen molar-refractivity contribution < 1.29 is 4.74 Å². The van der Waals surface area contributed by atoms with Crippen LogP contribution in [0.1, 0.15) is 30.0 Å². The molecule has 16 heavy (non-hydrogen) atoms. The van der Waals surface area contributed by atoms with Gasteiger partial charge >= 0.3 is 0 Å². The van der Waals surface area contributed by atoms with Gasteiger partial charge < -0.3 is 10.1 Å². The molecule has 86 valence electrons. The van der Waals surface area contributed by atoms with E-state index in [4.69, 9.17) is 4.74 Å². The first-order chi connectivity index (χ1) is 7.92. The molecule has 0 amide bonds. The number of hydrogen-bond donors (Lipinski definition) is 1. The first-order valence-corrected chi connectivity index (χ1v) is 6.32. The van der Waals surface area contributed by atoms with Crippen LogP contribution in [0.5, 0.6) is 0 Å². The number of hydrogen-bond acceptors (Lipinski definition) is 2. The van der Waals surface area contributed by atoms with E-state index in [1.807, 2.05) is 0 Å². The van der Waals surface area contributed by atoms with Crippen LogP contribution >= 0.6 is 0 Å². The standard InChI is InChI=1S/C14H19NO/c1-2-14(15-7-1)13-5-3-11(4-6-13)8-12-9-16-10-12/h3-6,12,14-15H,1-2,7-10H2. The molecular formula is C14H19NO. The second-order valence-electron chi connectivity index (χ2n) is 5.00. The van der Waals surface area contributed by atoms with E-state index in [0.29, 0.717) is 6.04 Å². The molecule has 0 saturated carbocycles. The van der Waals surface area contributed by atoms with Crippen molar-refractivity contribution in [2.75, 3.05) is 19.8 Å². The van der Waals surface area contributed by atoms with Gasteiger partial charge in [0.2, 0.25) is 0 Å². The smallest absolute Gasteiger partial charge is 0.0519 e. The molecule has 2 heteroatoms. The zero-order valence-corrected chi connectivity index (χ0v) is 9.61. The maximum absolute atomic E-state index is 5.20. The second-order valence-corrected chi connectivity index (χ2v) is 5.00. The van der Waals surface area contributed by atoms with E-state index in [0.717, 1.165) is 19.1 Å². The molecule has 0 aromatic heterocycles. The highest BCUT2D eigenvalue weighted by Crippen LogP contribution is 2.24. The van der Waals surface area contributed by atoms with E-state index in [2.05, 4.69) is 29.6 Å². The molecule has 2 nitrogen and oxygen atoms in total. The van der Waals surface area contributed by atoms with E-state index < -0.39 is 0 Å². The van der Waals surface area contributed by atoms with Crippen LogP contribution in [0.25, 0.3) is 0 Å². The van der Waals surface area contributed by atoms with Crippen molar-refractivity contribution in [2.24, 2.45) is 5.92 Å². The normalized spacial score (nSPS) is 25.6. The summed E-state index contributed by atoms with van der Waals surface area (Å²) in [6.07, 6.45) is 3.78. The lowest BCUT2D eigenvalue weighted by atomic mass is 9.96. The summed E-state index contributed by atoms with van der Waals surface area (Å²) in [6.45, 7) is 3.07. The van der Waals surface area contributed by atoms with Crippen molar-refractivity contribution in [1.82, 2.24) is 5.32 Å². The van der Waals surface area contributed by atoms with Crippen molar-refractivity contribution in [1.29, 1.82) is 0 Å². The monoisotopic (exact) mass is 217 g/mol. The SMILES string of the molecule is c1cc(C2CCCN2)ccc1CC1COC1. The first kappa shape index (κ1) is 10.3. The van der Waals surface area contributed by atoms with E-state index in [1.165, 1.54) is 36.9 Å². The molecule has 2 heterocycles. The Bertz CT molecular complexity index is 336. The van der Waals surface area contributed by atoms with Gasteiger partial charge in [-0.1, -0.05) is 24.3 Å². The largest absolute Gasteiger partial charge is 0.381 e. The summed E-state index contributed by atoms with van der Waals surface area (Å²) >= 11 is 0. The summed E-state index contributed by atoms with van der Waals surface area (Å²) in [5.41, 5.74) is 2.90. The Labute approximate surface area is 97.0 Å². The summed E-state index contributed by atoms with van der Waals surface area (Å²) in [5, 5.41) is 3.54. The molecule has 1 atom stereocenters. The van der Waals surface area contributed by atoms with Crippen LogP contribution in [-0.2, 0) is 11.2 Å². The minimum atomic E-state index is 0.598. The Morgan fingerprint density at radius 3 is 2.56 bits per heavy atom. The van der Waals surface area contributed by atoms with Gasteiger partial charge in [0, 0.05) is 12.0 Å². The average molecular weight is 217 g/mol. The highest BCUT2D eigenvalue weighted by Gasteiger charge is 2.19. The highest BCUT2D eigenvalue weighted by molar-refractivity contribution is 5.26. The van der Waals surface area contributed by atoms with Crippen LogP contribution in [0.15, 0.2) is 24.3 Å². The number of nitrogens with one attached hydrogen (secondary N) is 1. The number of ether oxygens (including phenoxy) is 1. The van der Waals surface area contributed by atoms with Crippen LogP contribution in [-0.4, -0.2) is 19.8 Å². The Hall–Kier alpha value is -0.860. The van der Waals surface area contributed by atoms with Gasteiger partial charge in [-0.25, -0.2) is 0 Å². The Morgan fingerprint density at radius 2 is 2.00 bits per heavy atom. The van der Waals surface area contributed by atoms with Gasteiger partial charge in [0.25, 0.3) is 0 Å². The fourth-order valence-corrected chi connectivity index (χ4v) is 2.59. The van der Waals surface area contributed by atoms with Crippen molar-refractivity contribution in [3.8, 4) is 0 Å². The molecule has 2 saturated heterocycles. The van der Waals surface area contributed by atoms with Gasteiger partial charge in [-0.2, -0.15) is 0 Å². The number of benzene rings is 1. The number of rotatable bonds is 3. The predicted octanol–water partition coefficient (Wildman–Crippen LogP) is 2.30. The van der Waals surface area contributed by atoms with E-state index >= 15 is 0 Å². The quantitative estimate of drug-likeness (QED) is 0.839. The lowest BCUT2D eigenvalue weighted by molar-refractivity contribution is -0.0312. The summed E-state index contributed by atoms with van der Waals surface area (Å²) in [7, 11) is 0. The molecule has 3 rings (SSSR count). The molecule has 2 fully saturated rings. The summed E-state index contributed by atoms with van der Waals surface area (Å²) in [5.74, 6) is 0.760. The molecule has 0 spiro atoms. The van der Waals surface area contributed by atoms with Gasteiger partial charge in [0.05, 0.1) is 13.2 Å². The zero-order chi connectivity index (χ0) is 10.8. The van der Waals surface area contributed by atoms with E-state index in [-0.39, 0.29) is 0 Å². The van der Waals surface area contributed by atoms with Gasteiger partial charge in [-0.15, -0.1) is 0 Å². The zero-order valence-electron chi connectivity index (χ0n) is 9.61. The van der Waals surface area contributed by atoms with Crippen LogP contribution < -0.4 is 5.32 Å². The molecule has 0 radical (unpaired) electrons. The summed E-state index contributed by atoms with van der Waals surface area (Å²) < 4.78 is 5.20. The van der Waals surface area contributed by atoms with E-state index in [9.17, 15) is 0 Å².